The molecule has 2 aromatic carbocycles. The number of aromatic nitrogens is 2. The fourth-order valence-corrected chi connectivity index (χ4v) is 2.92. The fourth-order valence-electron chi connectivity index (χ4n) is 2.92. The number of para-hydroxylation sites is 1. The maximum Gasteiger partial charge on any atom is 0.248 e. The molecule has 0 fully saturated rings. The molecule has 1 heterocycles. The summed E-state index contributed by atoms with van der Waals surface area (Å²) >= 11 is 0. The van der Waals surface area contributed by atoms with E-state index in [9.17, 15) is 9.18 Å². The summed E-state index contributed by atoms with van der Waals surface area (Å²) in [5, 5.41) is 7.21. The second-order valence-corrected chi connectivity index (χ2v) is 6.92. The van der Waals surface area contributed by atoms with Crippen molar-refractivity contribution in [3.05, 3.63) is 72.2 Å². The van der Waals surface area contributed by atoms with Gasteiger partial charge in [0.1, 0.15) is 24.8 Å². The van der Waals surface area contributed by atoms with E-state index in [1.165, 1.54) is 12.1 Å². The van der Waals surface area contributed by atoms with Crippen molar-refractivity contribution < 1.29 is 18.7 Å². The van der Waals surface area contributed by atoms with E-state index in [1.54, 1.807) is 18.0 Å². The van der Waals surface area contributed by atoms with Gasteiger partial charge in [-0.3, -0.25) is 9.89 Å². The number of benzene rings is 2. The lowest BCUT2D eigenvalue weighted by Crippen LogP contribution is -2.31. The van der Waals surface area contributed by atoms with Crippen molar-refractivity contribution in [3.63, 3.8) is 0 Å². The maximum atomic E-state index is 13.3. The molecule has 30 heavy (non-hydrogen) atoms. The minimum atomic E-state index is -0.286. The third-order valence-corrected chi connectivity index (χ3v) is 4.58. The van der Waals surface area contributed by atoms with Gasteiger partial charge >= 0.3 is 0 Å². The van der Waals surface area contributed by atoms with Crippen molar-refractivity contribution in [2.75, 3.05) is 33.4 Å². The van der Waals surface area contributed by atoms with Crippen LogP contribution in [0.4, 0.5) is 4.39 Å². The number of amides is 1. The molecule has 0 saturated heterocycles. The number of aromatic amines is 1. The van der Waals surface area contributed by atoms with Crippen LogP contribution in [0.2, 0.25) is 0 Å². The Morgan fingerprint density at radius 1 is 1.10 bits per heavy atom. The molecule has 0 radical (unpaired) electrons. The normalized spacial score (nSPS) is 10.7. The highest BCUT2D eigenvalue weighted by molar-refractivity contribution is 5.77. The van der Waals surface area contributed by atoms with Gasteiger partial charge in [0.25, 0.3) is 0 Å². The number of hydrogen-bond donors (Lipinski definition) is 1. The molecule has 1 aromatic heterocycles. The second-order valence-electron chi connectivity index (χ2n) is 6.92. The number of aryl methyl sites for hydroxylation is 1. The summed E-state index contributed by atoms with van der Waals surface area (Å²) in [5.41, 5.74) is 2.39. The van der Waals surface area contributed by atoms with Crippen molar-refractivity contribution >= 4 is 5.91 Å². The molecule has 0 unspecified atom stereocenters. The summed E-state index contributed by atoms with van der Waals surface area (Å²) in [5.74, 6) is 0.426. The Morgan fingerprint density at radius 3 is 2.73 bits per heavy atom. The molecule has 6 nitrogen and oxygen atoms in total. The summed E-state index contributed by atoms with van der Waals surface area (Å²) in [6.07, 6.45) is 1.52. The van der Waals surface area contributed by atoms with Gasteiger partial charge in [0.2, 0.25) is 5.91 Å². The highest BCUT2D eigenvalue weighted by atomic mass is 19.1. The predicted molar refractivity (Wildman–Crippen MR) is 113 cm³/mol. The van der Waals surface area contributed by atoms with E-state index in [0.29, 0.717) is 25.5 Å². The van der Waals surface area contributed by atoms with E-state index in [1.807, 2.05) is 42.5 Å². The number of carbonyl (C=O) groups excluding carboxylic acids is 1. The highest BCUT2D eigenvalue weighted by Gasteiger charge is 2.10. The van der Waals surface area contributed by atoms with Crippen LogP contribution in [0.1, 0.15) is 12.1 Å². The number of ether oxygens (including phenoxy) is 2. The molecule has 3 rings (SSSR count). The molecule has 3 aromatic rings. The van der Waals surface area contributed by atoms with Crippen LogP contribution in [-0.4, -0.2) is 54.4 Å². The molecule has 0 bridgehead atoms. The van der Waals surface area contributed by atoms with Crippen LogP contribution in [0.25, 0.3) is 11.3 Å². The first-order valence-electron chi connectivity index (χ1n) is 9.91. The molecule has 0 spiro atoms. The number of carbonyl (C=O) groups is 1. The van der Waals surface area contributed by atoms with Gasteiger partial charge in [0.05, 0.1) is 12.3 Å². The van der Waals surface area contributed by atoms with Gasteiger partial charge in [-0.1, -0.05) is 30.3 Å². The Hall–Kier alpha value is -3.19. The van der Waals surface area contributed by atoms with Crippen LogP contribution in [0.15, 0.2) is 60.7 Å². The zero-order valence-electron chi connectivity index (χ0n) is 17.0. The second kappa shape index (κ2) is 11.1. The molecule has 158 valence electrons. The number of H-pyrrole nitrogens is 1. The molecule has 0 aliphatic heterocycles. The maximum absolute atomic E-state index is 13.3. The Labute approximate surface area is 175 Å². The van der Waals surface area contributed by atoms with Gasteiger partial charge in [0.15, 0.2) is 0 Å². The van der Waals surface area contributed by atoms with E-state index in [4.69, 9.17) is 9.47 Å². The number of nitrogens with zero attached hydrogens (tertiary/aromatic N) is 2. The number of hydrogen-bond acceptors (Lipinski definition) is 4. The fraction of sp³-hybridized carbons (Fsp3) is 0.304. The van der Waals surface area contributed by atoms with E-state index in [2.05, 4.69) is 10.2 Å². The molecule has 0 aliphatic carbocycles. The Balaban J connectivity index is 1.31. The van der Waals surface area contributed by atoms with Gasteiger partial charge in [-0.25, -0.2) is 4.39 Å². The SMILES string of the molecule is CN(CCCc1cc(-c2cccc(F)c2)n[nH]1)C(=O)COCCOc1ccccc1. The average Bonchev–Trinajstić information content (AvgIpc) is 3.23. The quantitative estimate of drug-likeness (QED) is 0.489. The lowest BCUT2D eigenvalue weighted by Gasteiger charge is -2.17. The van der Waals surface area contributed by atoms with Crippen LogP contribution >= 0.6 is 0 Å². The minimum Gasteiger partial charge on any atom is -0.491 e. The summed E-state index contributed by atoms with van der Waals surface area (Å²) in [4.78, 5) is 13.8. The number of nitrogens with one attached hydrogen (secondary N) is 1. The van der Waals surface area contributed by atoms with Gasteiger partial charge in [0, 0.05) is 24.8 Å². The van der Waals surface area contributed by atoms with Crippen molar-refractivity contribution in [1.29, 1.82) is 0 Å². The van der Waals surface area contributed by atoms with Gasteiger partial charge < -0.3 is 14.4 Å². The average molecular weight is 411 g/mol. The number of likely N-dealkylation sites (N-methyl/N-ethyl adjacent to an activating group) is 1. The van der Waals surface area contributed by atoms with Crippen LogP contribution < -0.4 is 4.74 Å². The molecular formula is C23H26FN3O3. The smallest absolute Gasteiger partial charge is 0.248 e. The van der Waals surface area contributed by atoms with E-state index < -0.39 is 0 Å². The third-order valence-electron chi connectivity index (χ3n) is 4.58. The van der Waals surface area contributed by atoms with Crippen LogP contribution in [0.3, 0.4) is 0 Å². The molecule has 0 aliphatic rings. The van der Waals surface area contributed by atoms with E-state index in [0.717, 1.165) is 29.8 Å². The van der Waals surface area contributed by atoms with Crippen LogP contribution in [0.5, 0.6) is 5.75 Å². The molecular weight excluding hydrogens is 385 g/mol. The summed E-state index contributed by atoms with van der Waals surface area (Å²) in [6, 6.07) is 17.7. The summed E-state index contributed by atoms with van der Waals surface area (Å²) in [6.45, 7) is 1.39. The van der Waals surface area contributed by atoms with Crippen LogP contribution in [0, 0.1) is 5.82 Å². The van der Waals surface area contributed by atoms with Crippen molar-refractivity contribution in [2.24, 2.45) is 0 Å². The first-order valence-corrected chi connectivity index (χ1v) is 9.91. The Bertz CT molecular complexity index is 930. The lowest BCUT2D eigenvalue weighted by atomic mass is 10.1. The molecule has 7 heteroatoms. The predicted octanol–water partition coefficient (Wildman–Crippen LogP) is 3.70. The number of halogens is 1. The zero-order valence-corrected chi connectivity index (χ0v) is 17.0. The summed E-state index contributed by atoms with van der Waals surface area (Å²) in [7, 11) is 1.76. The van der Waals surface area contributed by atoms with Crippen molar-refractivity contribution in [2.45, 2.75) is 12.8 Å². The first-order chi connectivity index (χ1) is 14.6. The monoisotopic (exact) mass is 411 g/mol. The molecule has 1 amide bonds. The van der Waals surface area contributed by atoms with Crippen LogP contribution in [-0.2, 0) is 16.0 Å². The minimum absolute atomic E-state index is 0.0302. The summed E-state index contributed by atoms with van der Waals surface area (Å²) < 4.78 is 24.3. The highest BCUT2D eigenvalue weighted by Crippen LogP contribution is 2.19. The first kappa shape index (κ1) is 21.5. The van der Waals surface area contributed by atoms with Gasteiger partial charge in [-0.05, 0) is 43.2 Å². The van der Waals surface area contributed by atoms with Gasteiger partial charge in [-0.2, -0.15) is 5.10 Å². The molecule has 0 atom stereocenters. The lowest BCUT2D eigenvalue weighted by molar-refractivity contribution is -0.135. The Morgan fingerprint density at radius 2 is 1.93 bits per heavy atom. The largest absolute Gasteiger partial charge is 0.491 e. The van der Waals surface area contributed by atoms with E-state index >= 15 is 0 Å². The Kier molecular flexibility index (Phi) is 7.97. The van der Waals surface area contributed by atoms with Crippen molar-refractivity contribution in [3.8, 4) is 17.0 Å². The molecule has 1 N–H and O–H groups in total. The van der Waals surface area contributed by atoms with Crippen molar-refractivity contribution in [1.82, 2.24) is 15.1 Å². The van der Waals surface area contributed by atoms with E-state index in [-0.39, 0.29) is 18.3 Å². The third kappa shape index (κ3) is 6.70. The number of rotatable bonds is 11. The topological polar surface area (TPSA) is 67.5 Å². The zero-order chi connectivity index (χ0) is 21.2. The van der Waals surface area contributed by atoms with Gasteiger partial charge in [-0.15, -0.1) is 0 Å². The molecule has 0 saturated carbocycles. The standard InChI is InChI=1S/C23H26FN3O3/c1-27(23(28)17-29-13-14-30-21-10-3-2-4-11-21)12-6-9-20-16-22(26-25-20)18-7-5-8-19(24)15-18/h2-5,7-8,10-11,15-16H,6,9,12-14,17H2,1H3,(H,25,26).